The molecule has 1 unspecified atom stereocenters. The van der Waals surface area contributed by atoms with Crippen molar-refractivity contribution in [2.24, 2.45) is 0 Å². The summed E-state index contributed by atoms with van der Waals surface area (Å²) in [5.41, 5.74) is 0.324. The van der Waals surface area contributed by atoms with Crippen LogP contribution in [0.5, 0.6) is 0 Å². The first kappa shape index (κ1) is 12.2. The Balaban J connectivity index is 2.34. The van der Waals surface area contributed by atoms with Gasteiger partial charge >= 0.3 is 0 Å². The molecule has 0 saturated heterocycles. The smallest absolute Gasteiger partial charge is 0.0790 e. The predicted molar refractivity (Wildman–Crippen MR) is 61.6 cm³/mol. The molecule has 0 aliphatic rings. The molecular weight excluding hydrogens is 188 g/mol. The van der Waals surface area contributed by atoms with Crippen LogP contribution in [0.3, 0.4) is 0 Å². The molecule has 0 aliphatic carbocycles. The van der Waals surface area contributed by atoms with Crippen molar-refractivity contribution >= 4 is 0 Å². The molecule has 0 amide bonds. The van der Waals surface area contributed by atoms with E-state index in [1.807, 2.05) is 30.3 Å². The molecule has 1 atom stereocenters. The molecule has 2 N–H and O–H groups in total. The van der Waals surface area contributed by atoms with E-state index in [0.29, 0.717) is 6.42 Å². The third-order valence-electron chi connectivity index (χ3n) is 2.45. The van der Waals surface area contributed by atoms with Gasteiger partial charge in [-0.05, 0) is 38.7 Å². The van der Waals surface area contributed by atoms with Gasteiger partial charge in [0, 0.05) is 0 Å². The lowest BCUT2D eigenvalue weighted by Gasteiger charge is -2.18. The van der Waals surface area contributed by atoms with Gasteiger partial charge in [-0.15, -0.1) is 0 Å². The zero-order valence-corrected chi connectivity index (χ0v) is 9.48. The molecule has 1 rings (SSSR count). The Kier molecular flexibility index (Phi) is 4.30. The molecule has 15 heavy (non-hydrogen) atoms. The molecule has 1 aromatic rings. The van der Waals surface area contributed by atoms with Crippen molar-refractivity contribution in [3.63, 3.8) is 0 Å². The fourth-order valence-corrected chi connectivity index (χ4v) is 1.57. The third kappa shape index (κ3) is 4.96. The average molecular weight is 208 g/mol. The van der Waals surface area contributed by atoms with Gasteiger partial charge in [-0.1, -0.05) is 30.3 Å². The number of hydrogen-bond acceptors (Lipinski definition) is 2. The monoisotopic (exact) mass is 208 g/mol. The van der Waals surface area contributed by atoms with Gasteiger partial charge in [-0.25, -0.2) is 0 Å². The lowest BCUT2D eigenvalue weighted by Crippen LogP contribution is -2.18. The minimum atomic E-state index is -0.629. The van der Waals surface area contributed by atoms with Crippen LogP contribution in [0.15, 0.2) is 30.3 Å². The van der Waals surface area contributed by atoms with E-state index in [1.54, 1.807) is 13.8 Å². The van der Waals surface area contributed by atoms with Crippen molar-refractivity contribution in [1.29, 1.82) is 0 Å². The first-order valence-corrected chi connectivity index (χ1v) is 5.44. The summed E-state index contributed by atoms with van der Waals surface area (Å²) in [4.78, 5) is 0. The van der Waals surface area contributed by atoms with E-state index in [9.17, 15) is 10.2 Å². The van der Waals surface area contributed by atoms with Crippen LogP contribution in [0, 0.1) is 0 Å². The van der Waals surface area contributed by atoms with Crippen molar-refractivity contribution in [2.45, 2.75) is 44.8 Å². The number of rotatable bonds is 5. The highest BCUT2D eigenvalue weighted by atomic mass is 16.3. The van der Waals surface area contributed by atoms with E-state index < -0.39 is 11.7 Å². The second-order valence-corrected chi connectivity index (χ2v) is 4.63. The summed E-state index contributed by atoms with van der Waals surface area (Å²) < 4.78 is 0. The molecular formula is C13H20O2. The van der Waals surface area contributed by atoms with E-state index in [0.717, 1.165) is 18.4 Å². The van der Waals surface area contributed by atoms with E-state index in [2.05, 4.69) is 0 Å². The molecule has 0 aliphatic heterocycles. The van der Waals surface area contributed by atoms with Crippen molar-refractivity contribution in [2.75, 3.05) is 0 Å². The van der Waals surface area contributed by atoms with Crippen LogP contribution in [-0.2, 0) is 0 Å². The summed E-state index contributed by atoms with van der Waals surface area (Å²) >= 11 is 0. The maximum atomic E-state index is 9.84. The average Bonchev–Trinajstić information content (AvgIpc) is 2.17. The normalized spacial score (nSPS) is 13.9. The standard InChI is InChI=1S/C13H20O2/c1-13(2,15)10-6-9-12(14)11-7-4-3-5-8-11/h3-5,7-8,12,14-15H,6,9-10H2,1-2H3. The SMILES string of the molecule is CC(C)(O)CCCC(O)c1ccccc1. The van der Waals surface area contributed by atoms with Crippen LogP contribution in [0.4, 0.5) is 0 Å². The zero-order valence-electron chi connectivity index (χ0n) is 9.48. The Morgan fingerprint density at radius 2 is 1.80 bits per heavy atom. The van der Waals surface area contributed by atoms with Gasteiger partial charge in [0.2, 0.25) is 0 Å². The van der Waals surface area contributed by atoms with Crippen LogP contribution in [-0.4, -0.2) is 15.8 Å². The second-order valence-electron chi connectivity index (χ2n) is 4.63. The third-order valence-corrected chi connectivity index (χ3v) is 2.45. The predicted octanol–water partition coefficient (Wildman–Crippen LogP) is 2.66. The van der Waals surface area contributed by atoms with Crippen LogP contribution in [0.1, 0.15) is 44.8 Å². The quantitative estimate of drug-likeness (QED) is 0.781. The molecule has 0 bridgehead atoms. The second kappa shape index (κ2) is 5.29. The van der Waals surface area contributed by atoms with Crippen molar-refractivity contribution in [3.8, 4) is 0 Å². The Hall–Kier alpha value is -0.860. The zero-order chi connectivity index (χ0) is 11.3. The highest BCUT2D eigenvalue weighted by Crippen LogP contribution is 2.21. The van der Waals surface area contributed by atoms with E-state index in [4.69, 9.17) is 0 Å². The van der Waals surface area contributed by atoms with E-state index >= 15 is 0 Å². The minimum Gasteiger partial charge on any atom is -0.390 e. The lowest BCUT2D eigenvalue weighted by atomic mass is 9.97. The molecule has 84 valence electrons. The maximum Gasteiger partial charge on any atom is 0.0790 e. The first-order chi connectivity index (χ1) is 6.99. The van der Waals surface area contributed by atoms with Gasteiger partial charge in [0.05, 0.1) is 11.7 Å². The van der Waals surface area contributed by atoms with Gasteiger partial charge < -0.3 is 10.2 Å². The summed E-state index contributed by atoms with van der Waals surface area (Å²) in [6.07, 6.45) is 1.85. The van der Waals surface area contributed by atoms with Gasteiger partial charge in [-0.2, -0.15) is 0 Å². The number of benzene rings is 1. The van der Waals surface area contributed by atoms with Gasteiger partial charge in [0.1, 0.15) is 0 Å². The van der Waals surface area contributed by atoms with Crippen LogP contribution in [0.2, 0.25) is 0 Å². The van der Waals surface area contributed by atoms with Gasteiger partial charge in [-0.3, -0.25) is 0 Å². The Bertz CT molecular complexity index is 274. The summed E-state index contributed by atoms with van der Waals surface area (Å²) in [5, 5.41) is 19.4. The van der Waals surface area contributed by atoms with Crippen molar-refractivity contribution < 1.29 is 10.2 Å². The van der Waals surface area contributed by atoms with Crippen LogP contribution in [0.25, 0.3) is 0 Å². The molecule has 2 heteroatoms. The molecule has 0 aromatic heterocycles. The highest BCUT2D eigenvalue weighted by Gasteiger charge is 2.13. The molecule has 0 spiro atoms. The Labute approximate surface area is 91.6 Å². The van der Waals surface area contributed by atoms with E-state index in [1.165, 1.54) is 0 Å². The molecule has 2 nitrogen and oxygen atoms in total. The topological polar surface area (TPSA) is 40.5 Å². The first-order valence-electron chi connectivity index (χ1n) is 5.44. The van der Waals surface area contributed by atoms with Crippen LogP contribution < -0.4 is 0 Å². The summed E-state index contributed by atoms with van der Waals surface area (Å²) in [6.45, 7) is 3.59. The van der Waals surface area contributed by atoms with Crippen molar-refractivity contribution in [1.82, 2.24) is 0 Å². The lowest BCUT2D eigenvalue weighted by molar-refractivity contribution is 0.0619. The Morgan fingerprint density at radius 1 is 1.20 bits per heavy atom. The molecule has 1 aromatic carbocycles. The summed E-state index contributed by atoms with van der Waals surface area (Å²) in [6, 6.07) is 9.64. The summed E-state index contributed by atoms with van der Waals surface area (Å²) in [7, 11) is 0. The van der Waals surface area contributed by atoms with E-state index in [-0.39, 0.29) is 0 Å². The summed E-state index contributed by atoms with van der Waals surface area (Å²) in [5.74, 6) is 0. The molecule has 0 fully saturated rings. The molecule has 0 radical (unpaired) electrons. The maximum absolute atomic E-state index is 9.84. The van der Waals surface area contributed by atoms with Gasteiger partial charge in [0.15, 0.2) is 0 Å². The molecule has 0 saturated carbocycles. The fraction of sp³-hybridized carbons (Fsp3) is 0.538. The molecule has 0 heterocycles. The largest absolute Gasteiger partial charge is 0.390 e. The fourth-order valence-electron chi connectivity index (χ4n) is 1.57. The number of aliphatic hydroxyl groups excluding tert-OH is 1. The van der Waals surface area contributed by atoms with Gasteiger partial charge in [0.25, 0.3) is 0 Å². The highest BCUT2D eigenvalue weighted by molar-refractivity contribution is 5.16. The number of hydrogen-bond donors (Lipinski definition) is 2. The Morgan fingerprint density at radius 3 is 2.33 bits per heavy atom. The number of aliphatic hydroxyl groups is 2. The minimum absolute atomic E-state index is 0.409. The van der Waals surface area contributed by atoms with Crippen LogP contribution >= 0.6 is 0 Å². The van der Waals surface area contributed by atoms with Crippen molar-refractivity contribution in [3.05, 3.63) is 35.9 Å².